The summed E-state index contributed by atoms with van der Waals surface area (Å²) < 4.78 is 9.69. The van der Waals surface area contributed by atoms with Crippen LogP contribution in [-0.2, 0) is 9.53 Å². The number of ether oxygens (including phenoxy) is 1. The lowest BCUT2D eigenvalue weighted by Gasteiger charge is -1.93. The van der Waals surface area contributed by atoms with E-state index in [1.807, 2.05) is 6.07 Å². The van der Waals surface area contributed by atoms with E-state index in [9.17, 15) is 4.79 Å². The molecule has 0 bridgehead atoms. The van der Waals surface area contributed by atoms with E-state index in [2.05, 4.69) is 4.74 Å². The molecule has 0 aliphatic carbocycles. The summed E-state index contributed by atoms with van der Waals surface area (Å²) in [5.74, 6) is 0.473. The number of rotatable bonds is 3. The Morgan fingerprint density at radius 1 is 1.75 bits per heavy atom. The molecule has 0 aromatic carbocycles. The van der Waals surface area contributed by atoms with Crippen LogP contribution in [0.3, 0.4) is 0 Å². The molecule has 12 heavy (non-hydrogen) atoms. The van der Waals surface area contributed by atoms with E-state index in [0.717, 1.165) is 5.76 Å². The summed E-state index contributed by atoms with van der Waals surface area (Å²) in [4.78, 5) is 10.3. The molecule has 0 amide bonds. The van der Waals surface area contributed by atoms with E-state index >= 15 is 0 Å². The lowest BCUT2D eigenvalue weighted by molar-refractivity contribution is -0.139. The Labute approximate surface area is 70.6 Å². The van der Waals surface area contributed by atoms with Gasteiger partial charge in [0.2, 0.25) is 0 Å². The minimum Gasteiger partial charge on any atom is -0.465 e. The molecular weight excluding hydrogens is 156 g/mol. The van der Waals surface area contributed by atoms with E-state index in [-0.39, 0.29) is 12.6 Å². The average Bonchev–Trinajstić information content (AvgIpc) is 2.49. The highest BCUT2D eigenvalue weighted by atomic mass is 16.5. The molecule has 0 aliphatic heterocycles. The van der Waals surface area contributed by atoms with Crippen molar-refractivity contribution in [3.8, 4) is 0 Å². The molecule has 1 aromatic heterocycles. The maximum Gasteiger partial charge on any atom is 0.302 e. The third-order valence-electron chi connectivity index (χ3n) is 1.21. The third-order valence-corrected chi connectivity index (χ3v) is 1.21. The van der Waals surface area contributed by atoms with Crippen LogP contribution in [0.5, 0.6) is 0 Å². The van der Waals surface area contributed by atoms with Crippen molar-refractivity contribution < 1.29 is 13.9 Å². The second kappa shape index (κ2) is 4.38. The van der Waals surface area contributed by atoms with Gasteiger partial charge in [0.05, 0.1) is 6.26 Å². The Kier molecular flexibility index (Phi) is 3.14. The standard InChI is InChI=1S/C9H10O3/c1-8(10)11-6-2-4-9-5-3-7-12-9/h2-5,7H,6H2,1H3. The van der Waals surface area contributed by atoms with Crippen LogP contribution < -0.4 is 0 Å². The smallest absolute Gasteiger partial charge is 0.302 e. The highest BCUT2D eigenvalue weighted by molar-refractivity contribution is 5.66. The van der Waals surface area contributed by atoms with Gasteiger partial charge in [-0.2, -0.15) is 0 Å². The molecule has 0 saturated carbocycles. The molecule has 1 heterocycles. The van der Waals surface area contributed by atoms with Crippen LogP contribution in [0.1, 0.15) is 12.7 Å². The van der Waals surface area contributed by atoms with Crippen molar-refractivity contribution in [2.75, 3.05) is 6.61 Å². The van der Waals surface area contributed by atoms with Crippen LogP contribution >= 0.6 is 0 Å². The molecule has 0 spiro atoms. The fraction of sp³-hybridized carbons (Fsp3) is 0.222. The maximum absolute atomic E-state index is 10.3. The third kappa shape index (κ3) is 3.05. The molecule has 0 unspecified atom stereocenters. The minimum absolute atomic E-state index is 0.279. The van der Waals surface area contributed by atoms with E-state index < -0.39 is 0 Å². The van der Waals surface area contributed by atoms with Gasteiger partial charge in [-0.1, -0.05) is 0 Å². The quantitative estimate of drug-likeness (QED) is 0.643. The molecule has 0 saturated heterocycles. The van der Waals surface area contributed by atoms with Crippen LogP contribution in [0, 0.1) is 0 Å². The van der Waals surface area contributed by atoms with Gasteiger partial charge in [0.15, 0.2) is 0 Å². The zero-order valence-electron chi connectivity index (χ0n) is 6.82. The molecule has 3 heteroatoms. The second-order valence-electron chi connectivity index (χ2n) is 2.22. The summed E-state index contributed by atoms with van der Waals surface area (Å²) >= 11 is 0. The fourth-order valence-corrected chi connectivity index (χ4v) is 0.716. The lowest BCUT2D eigenvalue weighted by Crippen LogP contribution is -1.96. The average molecular weight is 166 g/mol. The van der Waals surface area contributed by atoms with Crippen LogP contribution in [0.2, 0.25) is 0 Å². The Hall–Kier alpha value is -1.51. The zero-order valence-corrected chi connectivity index (χ0v) is 6.82. The first-order chi connectivity index (χ1) is 5.79. The first-order valence-electron chi connectivity index (χ1n) is 3.62. The van der Waals surface area contributed by atoms with Gasteiger partial charge in [-0.25, -0.2) is 0 Å². The fourth-order valence-electron chi connectivity index (χ4n) is 0.716. The summed E-state index contributed by atoms with van der Waals surface area (Å²) in [5.41, 5.74) is 0. The number of hydrogen-bond acceptors (Lipinski definition) is 3. The molecule has 0 N–H and O–H groups in total. The topological polar surface area (TPSA) is 39.4 Å². The van der Waals surface area contributed by atoms with Gasteiger partial charge in [-0.15, -0.1) is 0 Å². The van der Waals surface area contributed by atoms with Crippen LogP contribution in [0.25, 0.3) is 6.08 Å². The number of esters is 1. The second-order valence-corrected chi connectivity index (χ2v) is 2.22. The largest absolute Gasteiger partial charge is 0.465 e. The van der Waals surface area contributed by atoms with E-state index in [1.165, 1.54) is 6.92 Å². The number of furan rings is 1. The van der Waals surface area contributed by atoms with Gasteiger partial charge in [0, 0.05) is 6.92 Å². The van der Waals surface area contributed by atoms with Crippen LogP contribution in [0.15, 0.2) is 28.9 Å². The van der Waals surface area contributed by atoms with Crippen LogP contribution in [0.4, 0.5) is 0 Å². The molecular formula is C9H10O3. The zero-order chi connectivity index (χ0) is 8.81. The Morgan fingerprint density at radius 2 is 2.58 bits per heavy atom. The highest BCUT2D eigenvalue weighted by Gasteiger charge is 1.88. The molecule has 0 radical (unpaired) electrons. The number of hydrogen-bond donors (Lipinski definition) is 0. The van der Waals surface area contributed by atoms with Crippen molar-refractivity contribution in [2.24, 2.45) is 0 Å². The molecule has 64 valence electrons. The monoisotopic (exact) mass is 166 g/mol. The van der Waals surface area contributed by atoms with Crippen LogP contribution in [-0.4, -0.2) is 12.6 Å². The van der Waals surface area contributed by atoms with Crippen molar-refractivity contribution >= 4 is 12.0 Å². The number of carbonyl (C=O) groups excluding carboxylic acids is 1. The molecule has 1 rings (SSSR count). The van der Waals surface area contributed by atoms with E-state index in [4.69, 9.17) is 4.42 Å². The van der Waals surface area contributed by atoms with Gasteiger partial charge < -0.3 is 9.15 Å². The predicted octanol–water partition coefficient (Wildman–Crippen LogP) is 1.86. The summed E-state index contributed by atoms with van der Waals surface area (Å²) in [7, 11) is 0. The summed E-state index contributed by atoms with van der Waals surface area (Å²) in [6, 6.07) is 3.62. The van der Waals surface area contributed by atoms with Crippen molar-refractivity contribution in [1.29, 1.82) is 0 Å². The molecule has 0 aliphatic rings. The summed E-state index contributed by atoms with van der Waals surface area (Å²) in [5, 5.41) is 0. The summed E-state index contributed by atoms with van der Waals surface area (Å²) in [6.07, 6.45) is 5.06. The van der Waals surface area contributed by atoms with Crippen molar-refractivity contribution in [3.63, 3.8) is 0 Å². The van der Waals surface area contributed by atoms with E-state index in [1.54, 1.807) is 24.5 Å². The number of carbonyl (C=O) groups is 1. The van der Waals surface area contributed by atoms with Gasteiger partial charge in [-0.05, 0) is 24.3 Å². The summed E-state index contributed by atoms with van der Waals surface area (Å²) in [6.45, 7) is 1.66. The normalized spacial score (nSPS) is 10.4. The van der Waals surface area contributed by atoms with Gasteiger partial charge in [-0.3, -0.25) is 4.79 Å². The highest BCUT2D eigenvalue weighted by Crippen LogP contribution is 2.01. The van der Waals surface area contributed by atoms with Gasteiger partial charge >= 0.3 is 5.97 Å². The van der Waals surface area contributed by atoms with Crippen molar-refractivity contribution in [3.05, 3.63) is 30.2 Å². The van der Waals surface area contributed by atoms with Crippen molar-refractivity contribution in [1.82, 2.24) is 0 Å². The minimum atomic E-state index is -0.279. The van der Waals surface area contributed by atoms with Gasteiger partial charge in [0.1, 0.15) is 12.4 Å². The first-order valence-corrected chi connectivity index (χ1v) is 3.62. The SMILES string of the molecule is CC(=O)OCC=Cc1ccco1. The Balaban J connectivity index is 2.27. The van der Waals surface area contributed by atoms with E-state index in [0.29, 0.717) is 0 Å². The Morgan fingerprint density at radius 3 is 3.17 bits per heavy atom. The van der Waals surface area contributed by atoms with Crippen molar-refractivity contribution in [2.45, 2.75) is 6.92 Å². The Bertz CT molecular complexity index is 259. The maximum atomic E-state index is 10.3. The predicted molar refractivity (Wildman–Crippen MR) is 44.4 cm³/mol. The first kappa shape index (κ1) is 8.59. The molecule has 0 atom stereocenters. The lowest BCUT2D eigenvalue weighted by atomic mass is 10.4. The molecule has 3 nitrogen and oxygen atoms in total. The molecule has 1 aromatic rings. The van der Waals surface area contributed by atoms with Gasteiger partial charge in [0.25, 0.3) is 0 Å². The molecule has 0 fully saturated rings.